The molecule has 0 aromatic carbocycles. The van der Waals surface area contributed by atoms with Crippen molar-refractivity contribution in [2.24, 2.45) is 18.4 Å². The average Bonchev–Trinajstić information content (AvgIpc) is 3.08. The van der Waals surface area contributed by atoms with E-state index in [4.69, 9.17) is 0 Å². The Kier molecular flexibility index (Phi) is 4.27. The molecular formula is C14H25N3O2S. The summed E-state index contributed by atoms with van der Waals surface area (Å²) in [5.74, 6) is 0.515. The monoisotopic (exact) mass is 299 g/mol. The van der Waals surface area contributed by atoms with Crippen LogP contribution >= 0.6 is 0 Å². The second-order valence-corrected chi connectivity index (χ2v) is 7.92. The first kappa shape index (κ1) is 15.5. The highest BCUT2D eigenvalue weighted by atomic mass is 32.2. The fourth-order valence-electron chi connectivity index (χ4n) is 2.52. The highest BCUT2D eigenvalue weighted by molar-refractivity contribution is 7.89. The summed E-state index contributed by atoms with van der Waals surface area (Å²) in [6.07, 6.45) is 3.91. The molecule has 0 spiro atoms. The van der Waals surface area contributed by atoms with Crippen molar-refractivity contribution in [3.63, 3.8) is 0 Å². The highest BCUT2D eigenvalue weighted by Crippen LogP contribution is 2.51. The van der Waals surface area contributed by atoms with E-state index in [1.165, 1.54) is 0 Å². The lowest BCUT2D eigenvalue weighted by atomic mass is 9.93. The molecule has 0 atom stereocenters. The van der Waals surface area contributed by atoms with Crippen LogP contribution in [-0.2, 0) is 23.6 Å². The van der Waals surface area contributed by atoms with Crippen molar-refractivity contribution in [2.45, 2.75) is 38.1 Å². The van der Waals surface area contributed by atoms with E-state index in [1.807, 2.05) is 18.7 Å². The van der Waals surface area contributed by atoms with E-state index < -0.39 is 10.0 Å². The predicted octanol–water partition coefficient (Wildman–Crippen LogP) is 1.46. The van der Waals surface area contributed by atoms with Crippen molar-refractivity contribution in [1.29, 1.82) is 0 Å². The molecular weight excluding hydrogens is 274 g/mol. The third-order valence-corrected chi connectivity index (χ3v) is 5.85. The molecule has 0 aliphatic heterocycles. The molecule has 1 aromatic heterocycles. The third-order valence-electron chi connectivity index (χ3n) is 4.48. The normalized spacial score (nSPS) is 17.6. The van der Waals surface area contributed by atoms with Gasteiger partial charge in [-0.25, -0.2) is 13.1 Å². The fourth-order valence-corrected chi connectivity index (χ4v) is 3.75. The van der Waals surface area contributed by atoms with E-state index in [1.54, 1.807) is 12.3 Å². The largest absolute Gasteiger partial charge is 0.352 e. The number of sulfonamides is 1. The first-order chi connectivity index (χ1) is 9.31. The van der Waals surface area contributed by atoms with Crippen LogP contribution < -0.4 is 10.0 Å². The zero-order valence-corrected chi connectivity index (χ0v) is 13.5. The first-order valence-electron chi connectivity index (χ1n) is 7.10. The van der Waals surface area contributed by atoms with Gasteiger partial charge < -0.3 is 9.88 Å². The Balaban J connectivity index is 2.09. The van der Waals surface area contributed by atoms with Crippen molar-refractivity contribution in [1.82, 2.24) is 14.6 Å². The van der Waals surface area contributed by atoms with E-state index in [9.17, 15) is 8.42 Å². The summed E-state index contributed by atoms with van der Waals surface area (Å²) in [5, 5.41) is 3.03. The molecule has 2 rings (SSSR count). The Hall–Kier alpha value is -0.850. The number of nitrogens with one attached hydrogen (secondary N) is 2. The van der Waals surface area contributed by atoms with Crippen molar-refractivity contribution in [2.75, 3.05) is 13.6 Å². The van der Waals surface area contributed by atoms with Crippen LogP contribution in [0.15, 0.2) is 17.2 Å². The Bertz CT molecular complexity index is 571. The number of aryl methyl sites for hydroxylation is 1. The van der Waals surface area contributed by atoms with Crippen molar-refractivity contribution >= 4 is 10.0 Å². The second kappa shape index (κ2) is 5.50. The maximum Gasteiger partial charge on any atom is 0.242 e. The Morgan fingerprint density at radius 1 is 1.40 bits per heavy atom. The molecule has 114 valence electrons. The molecule has 1 saturated carbocycles. The fraction of sp³-hybridized carbons (Fsp3) is 0.714. The molecule has 1 aliphatic rings. The van der Waals surface area contributed by atoms with Gasteiger partial charge in [0.05, 0.1) is 4.90 Å². The molecule has 1 heterocycles. The van der Waals surface area contributed by atoms with Gasteiger partial charge >= 0.3 is 0 Å². The van der Waals surface area contributed by atoms with Crippen LogP contribution in [-0.4, -0.2) is 26.6 Å². The van der Waals surface area contributed by atoms with Crippen molar-refractivity contribution in [3.8, 4) is 0 Å². The quantitative estimate of drug-likeness (QED) is 0.801. The number of nitrogens with zero attached hydrogens (tertiary/aromatic N) is 1. The topological polar surface area (TPSA) is 63.1 Å². The van der Waals surface area contributed by atoms with Gasteiger partial charge in [0, 0.05) is 32.0 Å². The van der Waals surface area contributed by atoms with E-state index in [-0.39, 0.29) is 5.41 Å². The molecule has 2 N–H and O–H groups in total. The minimum absolute atomic E-state index is 0.176. The Morgan fingerprint density at radius 2 is 2.05 bits per heavy atom. The van der Waals surface area contributed by atoms with E-state index in [0.717, 1.165) is 18.5 Å². The summed E-state index contributed by atoms with van der Waals surface area (Å²) in [6, 6.07) is 1.73. The first-order valence-corrected chi connectivity index (χ1v) is 8.58. The summed E-state index contributed by atoms with van der Waals surface area (Å²) in [7, 11) is 0.304. The van der Waals surface area contributed by atoms with Crippen molar-refractivity contribution in [3.05, 3.63) is 18.0 Å². The number of hydrogen-bond donors (Lipinski definition) is 2. The molecule has 0 unspecified atom stereocenters. The van der Waals surface area contributed by atoms with E-state index in [2.05, 4.69) is 23.9 Å². The zero-order valence-electron chi connectivity index (χ0n) is 12.7. The Morgan fingerprint density at radius 3 is 2.55 bits per heavy atom. The lowest BCUT2D eigenvalue weighted by Crippen LogP contribution is -2.32. The summed E-state index contributed by atoms with van der Waals surface area (Å²) < 4.78 is 29.3. The summed E-state index contributed by atoms with van der Waals surface area (Å²) in [4.78, 5) is 0.352. The molecule has 0 saturated heterocycles. The van der Waals surface area contributed by atoms with Crippen LogP contribution in [0.2, 0.25) is 0 Å². The number of aromatic nitrogens is 1. The van der Waals surface area contributed by atoms with Gasteiger partial charge in [0.2, 0.25) is 10.0 Å². The average molecular weight is 299 g/mol. The molecule has 1 aromatic rings. The van der Waals surface area contributed by atoms with Crippen LogP contribution in [0.25, 0.3) is 0 Å². The molecule has 1 fully saturated rings. The third kappa shape index (κ3) is 3.07. The number of rotatable bonds is 7. The van der Waals surface area contributed by atoms with Gasteiger partial charge in [-0.3, -0.25) is 0 Å². The molecule has 0 radical (unpaired) electrons. The minimum Gasteiger partial charge on any atom is -0.352 e. The van der Waals surface area contributed by atoms with Crippen LogP contribution in [0.4, 0.5) is 0 Å². The van der Waals surface area contributed by atoms with E-state index in [0.29, 0.717) is 23.9 Å². The Labute approximate surface area is 121 Å². The maximum absolute atomic E-state index is 12.4. The molecule has 0 amide bonds. The predicted molar refractivity (Wildman–Crippen MR) is 79.9 cm³/mol. The molecule has 20 heavy (non-hydrogen) atoms. The van der Waals surface area contributed by atoms with Crippen LogP contribution in [0, 0.1) is 11.3 Å². The lowest BCUT2D eigenvalue weighted by Gasteiger charge is -2.19. The van der Waals surface area contributed by atoms with Gasteiger partial charge in [0.1, 0.15) is 0 Å². The van der Waals surface area contributed by atoms with Gasteiger partial charge in [-0.15, -0.1) is 0 Å². The second-order valence-electron chi connectivity index (χ2n) is 6.15. The van der Waals surface area contributed by atoms with Crippen LogP contribution in [0.1, 0.15) is 32.4 Å². The standard InChI is InChI=1S/C14H25N3O2S/c1-11(2)14(5-6-14)10-16-20(18,19)13-7-12(8-15-3)17(4)9-13/h7,9,11,15-16H,5-6,8,10H2,1-4H3. The molecule has 5 nitrogen and oxygen atoms in total. The van der Waals surface area contributed by atoms with Crippen LogP contribution in [0.3, 0.4) is 0 Å². The zero-order chi connectivity index (χ0) is 15.0. The van der Waals surface area contributed by atoms with Gasteiger partial charge in [-0.1, -0.05) is 13.8 Å². The maximum atomic E-state index is 12.4. The molecule has 6 heteroatoms. The lowest BCUT2D eigenvalue weighted by molar-refractivity contribution is 0.357. The summed E-state index contributed by atoms with van der Waals surface area (Å²) in [5.41, 5.74) is 1.13. The minimum atomic E-state index is -3.41. The smallest absolute Gasteiger partial charge is 0.242 e. The highest BCUT2D eigenvalue weighted by Gasteiger charge is 2.45. The number of hydrogen-bond acceptors (Lipinski definition) is 3. The molecule has 0 bridgehead atoms. The van der Waals surface area contributed by atoms with E-state index >= 15 is 0 Å². The van der Waals surface area contributed by atoms with Gasteiger partial charge in [-0.05, 0) is 37.3 Å². The SMILES string of the molecule is CNCc1cc(S(=O)(=O)NCC2(C(C)C)CC2)cn1C. The van der Waals surface area contributed by atoms with Gasteiger partial charge in [0.25, 0.3) is 0 Å². The summed E-state index contributed by atoms with van der Waals surface area (Å²) in [6.45, 7) is 5.52. The van der Waals surface area contributed by atoms with Gasteiger partial charge in [-0.2, -0.15) is 0 Å². The van der Waals surface area contributed by atoms with Crippen molar-refractivity contribution < 1.29 is 8.42 Å². The van der Waals surface area contributed by atoms with Crippen LogP contribution in [0.5, 0.6) is 0 Å². The molecule has 1 aliphatic carbocycles. The van der Waals surface area contributed by atoms with Gasteiger partial charge in [0.15, 0.2) is 0 Å². The summed E-state index contributed by atoms with van der Waals surface area (Å²) >= 11 is 0.